The lowest BCUT2D eigenvalue weighted by molar-refractivity contribution is 0.387. The molecule has 0 saturated heterocycles. The highest BCUT2D eigenvalue weighted by Crippen LogP contribution is 2.26. The van der Waals surface area contributed by atoms with Gasteiger partial charge in [0.05, 0.1) is 17.1 Å². The smallest absolute Gasteiger partial charge is 0.243 e. The zero-order valence-electron chi connectivity index (χ0n) is 11.1. The molecule has 0 atom stereocenters. The van der Waals surface area contributed by atoms with Crippen LogP contribution in [0.25, 0.3) is 0 Å². The number of nitrogen functional groups attached to an aromatic ring is 1. The molecule has 0 amide bonds. The fraction of sp³-hybridized carbons (Fsp3) is 0.308. The van der Waals surface area contributed by atoms with Crippen LogP contribution in [0.3, 0.4) is 0 Å². The molecule has 0 bridgehead atoms. The third-order valence-electron chi connectivity index (χ3n) is 3.59. The van der Waals surface area contributed by atoms with Gasteiger partial charge in [0.2, 0.25) is 10.0 Å². The van der Waals surface area contributed by atoms with Gasteiger partial charge >= 0.3 is 0 Å². The SMILES string of the molecule is Cc1ccc(S(=O)(=O)N2CCc3c(N)n[nH]c3C2)cc1. The van der Waals surface area contributed by atoms with Crippen molar-refractivity contribution in [3.8, 4) is 0 Å². The fourth-order valence-electron chi connectivity index (χ4n) is 2.38. The molecular formula is C13H16N4O2S. The Morgan fingerprint density at radius 3 is 2.70 bits per heavy atom. The lowest BCUT2D eigenvalue weighted by atomic mass is 10.1. The van der Waals surface area contributed by atoms with Crippen molar-refractivity contribution < 1.29 is 8.42 Å². The number of fused-ring (bicyclic) bond motifs is 1. The number of rotatable bonds is 2. The molecule has 20 heavy (non-hydrogen) atoms. The summed E-state index contributed by atoms with van der Waals surface area (Å²) in [5.41, 5.74) is 8.48. The maximum absolute atomic E-state index is 12.6. The van der Waals surface area contributed by atoms with Gasteiger partial charge < -0.3 is 5.73 Å². The van der Waals surface area contributed by atoms with Crippen molar-refractivity contribution in [2.75, 3.05) is 12.3 Å². The average molecular weight is 292 g/mol. The van der Waals surface area contributed by atoms with Gasteiger partial charge in [-0.05, 0) is 25.5 Å². The van der Waals surface area contributed by atoms with Crippen LogP contribution in [0.2, 0.25) is 0 Å². The highest BCUT2D eigenvalue weighted by atomic mass is 32.2. The van der Waals surface area contributed by atoms with Crippen molar-refractivity contribution in [2.24, 2.45) is 0 Å². The summed E-state index contributed by atoms with van der Waals surface area (Å²) in [5.74, 6) is 0.465. The van der Waals surface area contributed by atoms with Gasteiger partial charge in [-0.15, -0.1) is 0 Å². The van der Waals surface area contributed by atoms with E-state index in [0.29, 0.717) is 23.7 Å². The number of benzene rings is 1. The number of hydrogen-bond acceptors (Lipinski definition) is 4. The van der Waals surface area contributed by atoms with Gasteiger partial charge in [-0.3, -0.25) is 5.10 Å². The number of aryl methyl sites for hydroxylation is 1. The second kappa shape index (κ2) is 4.60. The number of H-pyrrole nitrogens is 1. The Morgan fingerprint density at radius 2 is 2.00 bits per heavy atom. The lowest BCUT2D eigenvalue weighted by Crippen LogP contribution is -2.36. The molecule has 0 spiro atoms. The molecular weight excluding hydrogens is 276 g/mol. The monoisotopic (exact) mass is 292 g/mol. The van der Waals surface area contributed by atoms with Crippen LogP contribution < -0.4 is 5.73 Å². The molecule has 3 rings (SSSR count). The molecule has 0 aliphatic carbocycles. The molecule has 6 nitrogen and oxygen atoms in total. The van der Waals surface area contributed by atoms with Crippen molar-refractivity contribution in [2.45, 2.75) is 24.8 Å². The Kier molecular flexibility index (Phi) is 3.02. The summed E-state index contributed by atoms with van der Waals surface area (Å²) in [6, 6.07) is 6.88. The number of nitrogens with two attached hydrogens (primary N) is 1. The predicted octanol–water partition coefficient (Wildman–Crippen LogP) is 1.05. The van der Waals surface area contributed by atoms with Crippen molar-refractivity contribution >= 4 is 15.8 Å². The molecule has 7 heteroatoms. The lowest BCUT2D eigenvalue weighted by Gasteiger charge is -2.25. The quantitative estimate of drug-likeness (QED) is 0.865. The third kappa shape index (κ3) is 2.08. The van der Waals surface area contributed by atoms with Crippen LogP contribution in [0.15, 0.2) is 29.2 Å². The van der Waals surface area contributed by atoms with Crippen molar-refractivity contribution in [1.82, 2.24) is 14.5 Å². The fourth-order valence-corrected chi connectivity index (χ4v) is 3.79. The number of hydrogen-bond donors (Lipinski definition) is 2. The van der Waals surface area contributed by atoms with Crippen molar-refractivity contribution in [1.29, 1.82) is 0 Å². The normalized spacial score (nSPS) is 16.1. The molecule has 2 heterocycles. The minimum atomic E-state index is -3.47. The minimum absolute atomic E-state index is 0.287. The van der Waals surface area contributed by atoms with E-state index in [4.69, 9.17) is 5.73 Å². The van der Waals surface area contributed by atoms with Gasteiger partial charge in [0.1, 0.15) is 5.82 Å². The first-order chi connectivity index (χ1) is 9.48. The number of nitrogens with one attached hydrogen (secondary N) is 1. The van der Waals surface area contributed by atoms with E-state index in [1.807, 2.05) is 6.92 Å². The third-order valence-corrected chi connectivity index (χ3v) is 5.45. The van der Waals surface area contributed by atoms with Gasteiger partial charge in [-0.25, -0.2) is 8.42 Å². The largest absolute Gasteiger partial charge is 0.382 e. The summed E-state index contributed by atoms with van der Waals surface area (Å²) in [7, 11) is -3.47. The Balaban J connectivity index is 1.92. The number of sulfonamides is 1. The zero-order valence-corrected chi connectivity index (χ0v) is 11.9. The molecule has 2 aromatic rings. The van der Waals surface area contributed by atoms with E-state index in [2.05, 4.69) is 10.2 Å². The summed E-state index contributed by atoms with van der Waals surface area (Å²) in [6.45, 7) is 2.64. The summed E-state index contributed by atoms with van der Waals surface area (Å²) in [5, 5.41) is 6.74. The molecule has 0 fully saturated rings. The average Bonchev–Trinajstić information content (AvgIpc) is 2.80. The standard InChI is InChI=1S/C13H16N4O2S/c1-9-2-4-10(5-3-9)20(18,19)17-7-6-11-12(8-17)15-16-13(11)14/h2-5H,6-8H2,1H3,(H3,14,15,16). The van der Waals surface area contributed by atoms with Gasteiger partial charge in [0.25, 0.3) is 0 Å². The van der Waals surface area contributed by atoms with Crippen molar-refractivity contribution in [3.63, 3.8) is 0 Å². The van der Waals surface area contributed by atoms with E-state index < -0.39 is 10.0 Å². The van der Waals surface area contributed by atoms with Gasteiger partial charge in [-0.2, -0.15) is 9.40 Å². The Hall–Kier alpha value is -1.86. The van der Waals surface area contributed by atoms with E-state index >= 15 is 0 Å². The first-order valence-corrected chi connectivity index (χ1v) is 7.81. The van der Waals surface area contributed by atoms with Gasteiger partial charge in [-0.1, -0.05) is 17.7 Å². The Bertz CT molecular complexity index is 734. The Morgan fingerprint density at radius 1 is 1.30 bits per heavy atom. The van der Waals surface area contributed by atoms with Crippen LogP contribution in [-0.2, 0) is 23.0 Å². The van der Waals surface area contributed by atoms with Crippen LogP contribution >= 0.6 is 0 Å². The van der Waals surface area contributed by atoms with E-state index in [0.717, 1.165) is 16.8 Å². The second-order valence-electron chi connectivity index (χ2n) is 4.97. The first-order valence-electron chi connectivity index (χ1n) is 6.37. The highest BCUT2D eigenvalue weighted by Gasteiger charge is 2.30. The molecule has 1 aliphatic heterocycles. The van der Waals surface area contributed by atoms with Crippen LogP contribution in [0.5, 0.6) is 0 Å². The maximum atomic E-state index is 12.6. The zero-order chi connectivity index (χ0) is 14.3. The van der Waals surface area contributed by atoms with E-state index in [1.165, 1.54) is 4.31 Å². The number of aromatic nitrogens is 2. The van der Waals surface area contributed by atoms with Crippen LogP contribution in [0, 0.1) is 6.92 Å². The predicted molar refractivity (Wildman–Crippen MR) is 75.5 cm³/mol. The number of anilines is 1. The molecule has 1 aromatic heterocycles. The van der Waals surface area contributed by atoms with Crippen molar-refractivity contribution in [3.05, 3.63) is 41.1 Å². The Labute approximate surface area is 117 Å². The van der Waals surface area contributed by atoms with Crippen LogP contribution in [0.4, 0.5) is 5.82 Å². The van der Waals surface area contributed by atoms with Gasteiger partial charge in [0, 0.05) is 12.1 Å². The summed E-state index contributed by atoms with van der Waals surface area (Å²) < 4.78 is 26.6. The number of aromatic amines is 1. The molecule has 106 valence electrons. The molecule has 1 aliphatic rings. The molecule has 0 saturated carbocycles. The molecule has 1 aromatic carbocycles. The van der Waals surface area contributed by atoms with E-state index in [9.17, 15) is 8.42 Å². The maximum Gasteiger partial charge on any atom is 0.243 e. The summed E-state index contributed by atoms with van der Waals surface area (Å²) in [4.78, 5) is 0.319. The molecule has 0 radical (unpaired) electrons. The van der Waals surface area contributed by atoms with E-state index in [1.54, 1.807) is 24.3 Å². The van der Waals surface area contributed by atoms with Gasteiger partial charge in [0.15, 0.2) is 0 Å². The minimum Gasteiger partial charge on any atom is -0.382 e. The summed E-state index contributed by atoms with van der Waals surface area (Å²) in [6.07, 6.45) is 0.586. The topological polar surface area (TPSA) is 92.1 Å². The first kappa shape index (κ1) is 13.1. The summed E-state index contributed by atoms with van der Waals surface area (Å²) >= 11 is 0. The molecule has 3 N–H and O–H groups in total. The van der Waals surface area contributed by atoms with Crippen LogP contribution in [0.1, 0.15) is 16.8 Å². The second-order valence-corrected chi connectivity index (χ2v) is 6.91. The number of nitrogens with zero attached hydrogens (tertiary/aromatic N) is 2. The van der Waals surface area contributed by atoms with Crippen LogP contribution in [-0.4, -0.2) is 29.5 Å². The highest BCUT2D eigenvalue weighted by molar-refractivity contribution is 7.89. The molecule has 0 unspecified atom stereocenters. The van der Waals surface area contributed by atoms with E-state index in [-0.39, 0.29) is 6.54 Å².